The lowest BCUT2D eigenvalue weighted by molar-refractivity contribution is -0.163. The normalized spacial score (nSPS) is 35.6. The number of hydrogen-bond acceptors (Lipinski definition) is 4. The second-order valence-corrected chi connectivity index (χ2v) is 9.99. The van der Waals surface area contributed by atoms with E-state index in [2.05, 4.69) is 11.5 Å². The van der Waals surface area contributed by atoms with Crippen LogP contribution in [0.1, 0.15) is 65.2 Å². The van der Waals surface area contributed by atoms with E-state index in [4.69, 9.17) is 4.74 Å². The van der Waals surface area contributed by atoms with Gasteiger partial charge in [0.2, 0.25) is 5.91 Å². The fourth-order valence-electron chi connectivity index (χ4n) is 6.16. The Hall–Kier alpha value is -1.20. The SMILES string of the molecule is C=C(C)C(=O)[C@H]1CCC2(CC1)C[C@H](N1CCC3(CC1)CN(C(C)=O)CCO3)C2. The fourth-order valence-corrected chi connectivity index (χ4v) is 6.16. The van der Waals surface area contributed by atoms with Gasteiger partial charge in [0.05, 0.1) is 12.2 Å². The molecule has 4 aliphatic rings. The van der Waals surface area contributed by atoms with E-state index in [1.165, 1.54) is 25.7 Å². The lowest BCUT2D eigenvalue weighted by atomic mass is 9.56. The molecule has 0 unspecified atom stereocenters. The summed E-state index contributed by atoms with van der Waals surface area (Å²) in [5.74, 6) is 0.690. The maximum atomic E-state index is 12.2. The van der Waals surface area contributed by atoms with Gasteiger partial charge in [0.15, 0.2) is 5.78 Å². The number of amides is 1. The summed E-state index contributed by atoms with van der Waals surface area (Å²) in [5.41, 5.74) is 1.12. The average Bonchev–Trinajstić information content (AvgIpc) is 2.66. The van der Waals surface area contributed by atoms with Crippen LogP contribution in [0, 0.1) is 11.3 Å². The van der Waals surface area contributed by atoms with Crippen molar-refractivity contribution in [2.75, 3.05) is 32.8 Å². The van der Waals surface area contributed by atoms with E-state index in [1.807, 2.05) is 11.8 Å². The van der Waals surface area contributed by atoms with Crippen molar-refractivity contribution >= 4 is 11.7 Å². The van der Waals surface area contributed by atoms with Crippen LogP contribution in [0.5, 0.6) is 0 Å². The van der Waals surface area contributed by atoms with Gasteiger partial charge < -0.3 is 14.5 Å². The summed E-state index contributed by atoms with van der Waals surface area (Å²) in [5, 5.41) is 0. The average molecular weight is 389 g/mol. The van der Waals surface area contributed by atoms with Crippen LogP contribution in [-0.2, 0) is 14.3 Å². The van der Waals surface area contributed by atoms with Crippen LogP contribution in [0.15, 0.2) is 12.2 Å². The van der Waals surface area contributed by atoms with Crippen molar-refractivity contribution < 1.29 is 14.3 Å². The van der Waals surface area contributed by atoms with Gasteiger partial charge in [-0.05, 0) is 69.3 Å². The molecule has 2 heterocycles. The standard InChI is InChI=1S/C23H36N2O3/c1-17(2)21(27)19-4-6-22(7-5-19)14-20(15-22)24-10-8-23(9-11-24)16-25(18(3)26)12-13-28-23/h19-20H,1,4-16H2,2-3H3/t19-,20-,22?. The maximum Gasteiger partial charge on any atom is 0.219 e. The molecule has 0 atom stereocenters. The first-order valence-corrected chi connectivity index (χ1v) is 11.1. The van der Waals surface area contributed by atoms with Crippen molar-refractivity contribution in [2.24, 2.45) is 11.3 Å². The molecule has 0 N–H and O–H groups in total. The number of allylic oxidation sites excluding steroid dienone is 1. The molecule has 2 saturated carbocycles. The number of likely N-dealkylation sites (tertiary alicyclic amines) is 1. The van der Waals surface area contributed by atoms with Crippen LogP contribution in [0.25, 0.3) is 0 Å². The van der Waals surface area contributed by atoms with E-state index in [1.54, 1.807) is 6.92 Å². The van der Waals surface area contributed by atoms with Crippen LogP contribution >= 0.6 is 0 Å². The highest BCUT2D eigenvalue weighted by atomic mass is 16.5. The number of carbonyl (C=O) groups is 2. The van der Waals surface area contributed by atoms with Crippen molar-refractivity contribution in [1.29, 1.82) is 0 Å². The Balaban J connectivity index is 1.24. The summed E-state index contributed by atoms with van der Waals surface area (Å²) in [6, 6.07) is 0.707. The molecule has 0 aromatic carbocycles. The van der Waals surface area contributed by atoms with Crippen molar-refractivity contribution in [3.8, 4) is 0 Å². The zero-order valence-corrected chi connectivity index (χ0v) is 17.7. The van der Waals surface area contributed by atoms with Gasteiger partial charge in [-0.25, -0.2) is 0 Å². The van der Waals surface area contributed by atoms with E-state index in [0.29, 0.717) is 23.8 Å². The van der Waals surface area contributed by atoms with Gasteiger partial charge in [-0.2, -0.15) is 0 Å². The number of Topliss-reactive ketones (excluding diaryl/α,β-unsaturated/α-hetero) is 1. The summed E-state index contributed by atoms with van der Waals surface area (Å²) < 4.78 is 6.17. The number of carbonyl (C=O) groups excluding carboxylic acids is 2. The molecule has 0 bridgehead atoms. The smallest absolute Gasteiger partial charge is 0.219 e. The number of ketones is 1. The van der Waals surface area contributed by atoms with Crippen LogP contribution < -0.4 is 0 Å². The summed E-state index contributed by atoms with van der Waals surface area (Å²) in [7, 11) is 0. The third-order valence-electron chi connectivity index (χ3n) is 8.09. The number of morpholine rings is 1. The number of nitrogens with zero attached hydrogens (tertiary/aromatic N) is 2. The van der Waals surface area contributed by atoms with Crippen molar-refractivity contribution in [3.05, 3.63) is 12.2 Å². The van der Waals surface area contributed by atoms with Crippen LogP contribution in [0.4, 0.5) is 0 Å². The predicted octanol–water partition coefficient (Wildman–Crippen LogP) is 3.18. The predicted molar refractivity (Wildman–Crippen MR) is 109 cm³/mol. The molecular weight excluding hydrogens is 352 g/mol. The molecular formula is C23H36N2O3. The highest BCUT2D eigenvalue weighted by Gasteiger charge is 2.50. The van der Waals surface area contributed by atoms with Gasteiger partial charge in [-0.1, -0.05) is 6.58 Å². The molecule has 5 heteroatoms. The molecule has 4 fully saturated rings. The molecule has 156 valence electrons. The molecule has 2 spiro atoms. The molecule has 4 rings (SSSR count). The van der Waals surface area contributed by atoms with Gasteiger partial charge >= 0.3 is 0 Å². The highest BCUT2D eigenvalue weighted by Crippen LogP contribution is 2.55. The molecule has 28 heavy (non-hydrogen) atoms. The summed E-state index contributed by atoms with van der Waals surface area (Å²) in [6.07, 6.45) is 9.20. The van der Waals surface area contributed by atoms with Crippen molar-refractivity contribution in [2.45, 2.75) is 76.9 Å². The Morgan fingerprint density at radius 1 is 1.00 bits per heavy atom. The fraction of sp³-hybridized carbons (Fsp3) is 0.826. The summed E-state index contributed by atoms with van der Waals surface area (Å²) in [4.78, 5) is 28.6. The van der Waals surface area contributed by atoms with E-state index in [9.17, 15) is 9.59 Å². The molecule has 2 saturated heterocycles. The second-order valence-electron chi connectivity index (χ2n) is 9.99. The largest absolute Gasteiger partial charge is 0.371 e. The molecule has 2 aliphatic carbocycles. The Morgan fingerprint density at radius 3 is 2.21 bits per heavy atom. The molecule has 5 nitrogen and oxygen atoms in total. The third kappa shape index (κ3) is 3.80. The molecule has 0 aromatic heterocycles. The number of ether oxygens (including phenoxy) is 1. The number of piperidine rings is 1. The first-order valence-electron chi connectivity index (χ1n) is 11.1. The Bertz CT molecular complexity index is 634. The Kier molecular flexibility index (Phi) is 5.43. The minimum atomic E-state index is -0.108. The van der Waals surface area contributed by atoms with Crippen LogP contribution in [0.2, 0.25) is 0 Å². The second kappa shape index (κ2) is 7.56. The third-order valence-corrected chi connectivity index (χ3v) is 8.09. The molecule has 0 radical (unpaired) electrons. The summed E-state index contributed by atoms with van der Waals surface area (Å²) in [6.45, 7) is 11.7. The minimum Gasteiger partial charge on any atom is -0.371 e. The molecule has 2 aliphatic heterocycles. The summed E-state index contributed by atoms with van der Waals surface area (Å²) >= 11 is 0. The van der Waals surface area contributed by atoms with Crippen molar-refractivity contribution in [1.82, 2.24) is 9.80 Å². The van der Waals surface area contributed by atoms with Gasteiger partial charge in [0, 0.05) is 45.1 Å². The first kappa shape index (κ1) is 20.1. The highest BCUT2D eigenvalue weighted by molar-refractivity contribution is 5.96. The zero-order valence-electron chi connectivity index (χ0n) is 17.7. The first-order chi connectivity index (χ1) is 13.3. The number of hydrogen-bond donors (Lipinski definition) is 0. The van der Waals surface area contributed by atoms with E-state index >= 15 is 0 Å². The lowest BCUT2D eigenvalue weighted by Crippen LogP contribution is -2.61. The van der Waals surface area contributed by atoms with Gasteiger partial charge in [0.25, 0.3) is 0 Å². The van der Waals surface area contributed by atoms with Gasteiger partial charge in [-0.15, -0.1) is 0 Å². The zero-order chi connectivity index (χ0) is 19.9. The lowest BCUT2D eigenvalue weighted by Gasteiger charge is -2.57. The molecule has 0 aromatic rings. The minimum absolute atomic E-state index is 0.108. The maximum absolute atomic E-state index is 12.2. The number of rotatable bonds is 3. The topological polar surface area (TPSA) is 49.9 Å². The van der Waals surface area contributed by atoms with Crippen LogP contribution in [0.3, 0.4) is 0 Å². The molecule has 1 amide bonds. The van der Waals surface area contributed by atoms with E-state index in [0.717, 1.165) is 57.4 Å². The Morgan fingerprint density at radius 2 is 1.64 bits per heavy atom. The van der Waals surface area contributed by atoms with Crippen molar-refractivity contribution in [3.63, 3.8) is 0 Å². The van der Waals surface area contributed by atoms with E-state index in [-0.39, 0.29) is 17.4 Å². The van der Waals surface area contributed by atoms with E-state index < -0.39 is 0 Å². The van der Waals surface area contributed by atoms with Gasteiger partial charge in [0.1, 0.15) is 0 Å². The quantitative estimate of drug-likeness (QED) is 0.697. The Labute approximate surface area is 169 Å². The van der Waals surface area contributed by atoms with Gasteiger partial charge in [-0.3, -0.25) is 9.59 Å². The monoisotopic (exact) mass is 388 g/mol. The van der Waals surface area contributed by atoms with Crippen LogP contribution in [-0.4, -0.2) is 65.9 Å².